The monoisotopic (exact) mass is 269 g/mol. The molecule has 2 rings (SSSR count). The van der Waals surface area contributed by atoms with E-state index in [0.29, 0.717) is 17.5 Å². The van der Waals surface area contributed by atoms with Crippen molar-refractivity contribution < 1.29 is 17.9 Å². The van der Waals surface area contributed by atoms with Gasteiger partial charge >= 0.3 is 6.18 Å². The summed E-state index contributed by atoms with van der Waals surface area (Å²) in [6, 6.07) is 8.01. The molecule has 0 N–H and O–H groups in total. The summed E-state index contributed by atoms with van der Waals surface area (Å²) in [7, 11) is 1.42. The molecule has 2 aromatic rings. The van der Waals surface area contributed by atoms with Crippen molar-refractivity contribution in [1.29, 1.82) is 0 Å². The zero-order valence-electron chi connectivity index (χ0n) is 9.94. The maximum absolute atomic E-state index is 12.5. The Balaban J connectivity index is 2.56. The Morgan fingerprint density at radius 1 is 1.16 bits per heavy atom. The van der Waals surface area contributed by atoms with E-state index in [4.69, 9.17) is 4.74 Å². The van der Waals surface area contributed by atoms with Gasteiger partial charge in [0.25, 0.3) is 5.56 Å². The number of pyridine rings is 1. The summed E-state index contributed by atoms with van der Waals surface area (Å²) in [5.41, 5.74) is -1.34. The third-order valence-corrected chi connectivity index (χ3v) is 2.59. The van der Waals surface area contributed by atoms with Crippen LogP contribution in [0.3, 0.4) is 0 Å². The second-order valence-corrected chi connectivity index (χ2v) is 3.79. The van der Waals surface area contributed by atoms with Gasteiger partial charge in [0.05, 0.1) is 18.4 Å². The van der Waals surface area contributed by atoms with E-state index in [-0.39, 0.29) is 0 Å². The third-order valence-electron chi connectivity index (χ3n) is 2.59. The van der Waals surface area contributed by atoms with Crippen LogP contribution < -0.4 is 10.3 Å². The van der Waals surface area contributed by atoms with Crippen molar-refractivity contribution in [2.45, 2.75) is 6.18 Å². The highest BCUT2D eigenvalue weighted by Gasteiger charge is 2.31. The van der Waals surface area contributed by atoms with Crippen LogP contribution in [0.15, 0.2) is 47.4 Å². The van der Waals surface area contributed by atoms with E-state index in [2.05, 4.69) is 0 Å². The number of nitrogens with zero attached hydrogens (tertiary/aromatic N) is 1. The molecule has 1 aromatic heterocycles. The molecule has 0 bridgehead atoms. The molecule has 0 saturated heterocycles. The molecular weight excluding hydrogens is 259 g/mol. The molecule has 0 aliphatic rings. The summed E-state index contributed by atoms with van der Waals surface area (Å²) in [6.45, 7) is 0. The second kappa shape index (κ2) is 4.79. The normalized spacial score (nSPS) is 11.4. The number of rotatable bonds is 2. The predicted octanol–water partition coefficient (Wildman–Crippen LogP) is 2.86. The highest BCUT2D eigenvalue weighted by Crippen LogP contribution is 2.28. The van der Waals surface area contributed by atoms with E-state index < -0.39 is 17.3 Å². The van der Waals surface area contributed by atoms with Crippen molar-refractivity contribution in [3.05, 3.63) is 58.5 Å². The van der Waals surface area contributed by atoms with Crippen LogP contribution in [-0.4, -0.2) is 11.7 Å². The lowest BCUT2D eigenvalue weighted by atomic mass is 10.2. The molecular formula is C13H10F3NO2. The molecule has 0 spiro atoms. The zero-order valence-corrected chi connectivity index (χ0v) is 9.94. The molecule has 19 heavy (non-hydrogen) atoms. The van der Waals surface area contributed by atoms with Crippen molar-refractivity contribution >= 4 is 0 Å². The number of alkyl halides is 3. The first-order chi connectivity index (χ1) is 8.93. The summed E-state index contributed by atoms with van der Waals surface area (Å²) in [6.07, 6.45) is -3.44. The molecule has 0 amide bonds. The predicted molar refractivity (Wildman–Crippen MR) is 63.6 cm³/mol. The molecule has 0 fully saturated rings. The fraction of sp³-hybridized carbons (Fsp3) is 0.154. The van der Waals surface area contributed by atoms with Gasteiger partial charge < -0.3 is 4.74 Å². The topological polar surface area (TPSA) is 31.2 Å². The molecule has 100 valence electrons. The number of hydrogen-bond acceptors (Lipinski definition) is 2. The first-order valence-electron chi connectivity index (χ1n) is 5.37. The van der Waals surface area contributed by atoms with Gasteiger partial charge in [-0.15, -0.1) is 0 Å². The number of hydrogen-bond donors (Lipinski definition) is 0. The first kappa shape index (κ1) is 13.2. The number of ether oxygens (including phenoxy) is 1. The fourth-order valence-electron chi connectivity index (χ4n) is 1.68. The molecule has 1 aromatic carbocycles. The van der Waals surface area contributed by atoms with Crippen molar-refractivity contribution in [1.82, 2.24) is 4.57 Å². The van der Waals surface area contributed by atoms with Gasteiger partial charge in [-0.25, -0.2) is 0 Å². The van der Waals surface area contributed by atoms with Crippen LogP contribution in [0.25, 0.3) is 5.69 Å². The van der Waals surface area contributed by atoms with Gasteiger partial charge in [-0.2, -0.15) is 13.2 Å². The Morgan fingerprint density at radius 2 is 1.84 bits per heavy atom. The van der Waals surface area contributed by atoms with Gasteiger partial charge in [0.15, 0.2) is 0 Å². The summed E-state index contributed by atoms with van der Waals surface area (Å²) >= 11 is 0. The molecule has 0 aliphatic heterocycles. The molecule has 0 aliphatic carbocycles. The summed E-state index contributed by atoms with van der Waals surface area (Å²) in [5, 5.41) is 0. The van der Waals surface area contributed by atoms with Crippen molar-refractivity contribution in [2.75, 3.05) is 7.11 Å². The Hall–Kier alpha value is -2.24. The van der Waals surface area contributed by atoms with Crippen LogP contribution in [0.4, 0.5) is 13.2 Å². The second-order valence-electron chi connectivity index (χ2n) is 3.79. The minimum Gasteiger partial charge on any atom is -0.495 e. The smallest absolute Gasteiger partial charge is 0.416 e. The quantitative estimate of drug-likeness (QED) is 0.839. The van der Waals surface area contributed by atoms with Crippen LogP contribution in [0.5, 0.6) is 5.75 Å². The number of methoxy groups -OCH3 is 1. The number of benzene rings is 1. The van der Waals surface area contributed by atoms with Crippen LogP contribution in [0.2, 0.25) is 0 Å². The SMILES string of the molecule is COc1ccccc1-n1ccc(C(F)(F)F)cc1=O. The standard InChI is InChI=1S/C13H10F3NO2/c1-19-11-5-3-2-4-10(11)17-7-6-9(8-12(17)18)13(14,15)16/h2-8H,1H3. The van der Waals surface area contributed by atoms with E-state index in [0.717, 1.165) is 16.8 Å². The van der Waals surface area contributed by atoms with E-state index in [1.165, 1.54) is 7.11 Å². The van der Waals surface area contributed by atoms with Gasteiger partial charge in [-0.3, -0.25) is 9.36 Å². The Bertz CT molecular complexity index is 647. The lowest BCUT2D eigenvalue weighted by molar-refractivity contribution is -0.137. The number of para-hydroxylation sites is 2. The molecule has 1 heterocycles. The minimum atomic E-state index is -4.53. The molecule has 3 nitrogen and oxygen atoms in total. The molecule has 0 unspecified atom stereocenters. The van der Waals surface area contributed by atoms with Gasteiger partial charge in [0.1, 0.15) is 5.75 Å². The Kier molecular flexibility index (Phi) is 3.33. The van der Waals surface area contributed by atoms with Crippen LogP contribution in [-0.2, 0) is 6.18 Å². The van der Waals surface area contributed by atoms with Crippen LogP contribution >= 0.6 is 0 Å². The Morgan fingerprint density at radius 3 is 2.42 bits per heavy atom. The average molecular weight is 269 g/mol. The number of halogens is 3. The first-order valence-corrected chi connectivity index (χ1v) is 5.37. The van der Waals surface area contributed by atoms with E-state index in [1.54, 1.807) is 24.3 Å². The minimum absolute atomic E-state index is 0.392. The molecule has 0 saturated carbocycles. The lowest BCUT2D eigenvalue weighted by Crippen LogP contribution is -2.20. The van der Waals surface area contributed by atoms with Gasteiger partial charge in [-0.1, -0.05) is 12.1 Å². The van der Waals surface area contributed by atoms with Gasteiger partial charge in [0.2, 0.25) is 0 Å². The van der Waals surface area contributed by atoms with Crippen molar-refractivity contribution in [3.63, 3.8) is 0 Å². The van der Waals surface area contributed by atoms with Gasteiger partial charge in [-0.05, 0) is 18.2 Å². The molecule has 0 radical (unpaired) electrons. The van der Waals surface area contributed by atoms with E-state index >= 15 is 0 Å². The fourth-order valence-corrected chi connectivity index (χ4v) is 1.68. The summed E-state index contributed by atoms with van der Waals surface area (Å²) in [5.74, 6) is 0.407. The Labute approximate surface area is 106 Å². The highest BCUT2D eigenvalue weighted by atomic mass is 19.4. The molecule has 6 heteroatoms. The highest BCUT2D eigenvalue weighted by molar-refractivity contribution is 5.46. The third kappa shape index (κ3) is 2.62. The maximum atomic E-state index is 12.5. The van der Waals surface area contributed by atoms with Crippen molar-refractivity contribution in [2.24, 2.45) is 0 Å². The molecule has 0 atom stereocenters. The maximum Gasteiger partial charge on any atom is 0.416 e. The van der Waals surface area contributed by atoms with Crippen LogP contribution in [0.1, 0.15) is 5.56 Å². The number of aromatic nitrogens is 1. The average Bonchev–Trinajstić information content (AvgIpc) is 2.37. The largest absolute Gasteiger partial charge is 0.495 e. The van der Waals surface area contributed by atoms with E-state index in [1.807, 2.05) is 0 Å². The zero-order chi connectivity index (χ0) is 14.0. The summed E-state index contributed by atoms with van der Waals surface area (Å²) < 4.78 is 43.6. The lowest BCUT2D eigenvalue weighted by Gasteiger charge is -2.12. The van der Waals surface area contributed by atoms with E-state index in [9.17, 15) is 18.0 Å². The summed E-state index contributed by atoms with van der Waals surface area (Å²) in [4.78, 5) is 11.8. The van der Waals surface area contributed by atoms with Crippen molar-refractivity contribution in [3.8, 4) is 11.4 Å². The van der Waals surface area contributed by atoms with Crippen LogP contribution in [0, 0.1) is 0 Å². The van der Waals surface area contributed by atoms with Gasteiger partial charge in [0, 0.05) is 12.3 Å².